The van der Waals surface area contributed by atoms with Crippen LogP contribution in [0.2, 0.25) is 0 Å². The van der Waals surface area contributed by atoms with E-state index in [0.29, 0.717) is 0 Å². The van der Waals surface area contributed by atoms with Crippen molar-refractivity contribution in [1.29, 1.82) is 0 Å². The van der Waals surface area contributed by atoms with Crippen LogP contribution in [0.4, 0.5) is 0 Å². The monoisotopic (exact) mass is 947 g/mol. The highest BCUT2D eigenvalue weighted by atomic mass is 15.4. The highest BCUT2D eigenvalue weighted by Gasteiger charge is 2.31. The van der Waals surface area contributed by atoms with E-state index < -0.39 is 6.29 Å². The molecule has 0 bridgehead atoms. The van der Waals surface area contributed by atoms with Crippen molar-refractivity contribution in [3.8, 4) is 61.3 Å². The Hall–Kier alpha value is -9.55. The highest BCUT2D eigenvalue weighted by molar-refractivity contribution is 6.24. The number of aliphatic imine (C=N–C) groups is 1. The van der Waals surface area contributed by atoms with Gasteiger partial charge in [-0.15, -0.1) is 0 Å². The summed E-state index contributed by atoms with van der Waals surface area (Å²) in [5, 5.41) is 12.7. The van der Waals surface area contributed by atoms with Crippen LogP contribution in [0.1, 0.15) is 23.6 Å². The molecule has 1 aliphatic heterocycles. The van der Waals surface area contributed by atoms with Gasteiger partial charge in [0, 0.05) is 38.2 Å². The van der Waals surface area contributed by atoms with Crippen LogP contribution < -0.4 is 10.6 Å². The number of benzene rings is 11. The molecule has 0 spiro atoms. The Labute approximate surface area is 430 Å². The summed E-state index contributed by atoms with van der Waals surface area (Å²) in [6.45, 7) is 0. The van der Waals surface area contributed by atoms with Crippen LogP contribution in [0.15, 0.2) is 278 Å². The van der Waals surface area contributed by atoms with Crippen LogP contribution in [0.5, 0.6) is 0 Å². The lowest BCUT2D eigenvalue weighted by atomic mass is 9.90. The molecule has 13 aromatic rings. The zero-order valence-corrected chi connectivity index (χ0v) is 40.5. The Balaban J connectivity index is 1.06. The first-order valence-electron chi connectivity index (χ1n) is 25.4. The summed E-state index contributed by atoms with van der Waals surface area (Å²) in [5.74, 6) is 0.824. The van der Waals surface area contributed by atoms with E-state index in [2.05, 4.69) is 293 Å². The van der Waals surface area contributed by atoms with E-state index in [9.17, 15) is 0 Å². The molecule has 2 N–H and O–H groups in total. The fourth-order valence-corrected chi connectivity index (χ4v) is 11.4. The van der Waals surface area contributed by atoms with Gasteiger partial charge in [0.05, 0.1) is 27.8 Å². The quantitative estimate of drug-likeness (QED) is 0.151. The molecule has 74 heavy (non-hydrogen) atoms. The Kier molecular flexibility index (Phi) is 10.7. The maximum Gasteiger partial charge on any atom is 0.162 e. The van der Waals surface area contributed by atoms with Crippen LogP contribution in [0.3, 0.4) is 0 Å². The van der Waals surface area contributed by atoms with Gasteiger partial charge < -0.3 is 14.5 Å². The van der Waals surface area contributed by atoms with Crippen molar-refractivity contribution in [3.05, 3.63) is 284 Å². The Morgan fingerprint density at radius 3 is 1.38 bits per heavy atom. The largest absolute Gasteiger partial charge is 0.337 e. The highest BCUT2D eigenvalue weighted by Crippen LogP contribution is 2.47. The van der Waals surface area contributed by atoms with Gasteiger partial charge in [0.2, 0.25) is 0 Å². The standard InChI is InChI=1S/C69H49N5/c1-6-21-46(22-7-1)49-37-39-52(40-38-49)68-70-67(51-29-14-5-15-30-51)71-69(72-68)74-63-36-19-17-32-59(63)61-42-41-60-58-31-16-18-35-62(58)73(65(60)66(61)74)64-56(50-27-12-4-13-28-50)33-20-34-57(64)55-44-53(47-23-8-2-9-24-47)43-54(45-55)48-25-10-3-11-26-48/h1-45,67,69,71H,(H,70,72). The van der Waals surface area contributed by atoms with Gasteiger partial charge in [-0.25, -0.2) is 4.99 Å². The lowest BCUT2D eigenvalue weighted by Crippen LogP contribution is -2.47. The third-order valence-corrected chi connectivity index (χ3v) is 14.8. The topological polar surface area (TPSA) is 46.3 Å². The summed E-state index contributed by atoms with van der Waals surface area (Å²) in [4.78, 5) is 5.43. The molecule has 2 unspecified atom stereocenters. The molecular formula is C69H49N5. The second-order valence-corrected chi connectivity index (χ2v) is 19.1. The number of amidine groups is 1. The first kappa shape index (κ1) is 43.3. The van der Waals surface area contributed by atoms with Crippen LogP contribution in [0, 0.1) is 0 Å². The summed E-state index contributed by atoms with van der Waals surface area (Å²) in [6, 6.07) is 98.7. The van der Waals surface area contributed by atoms with Crippen LogP contribution in [-0.4, -0.2) is 15.0 Å². The molecule has 0 amide bonds. The molecule has 11 aromatic carbocycles. The molecule has 2 atom stereocenters. The normalized spacial score (nSPS) is 14.6. The smallest absolute Gasteiger partial charge is 0.162 e. The Bertz CT molecular complexity index is 4160. The van der Waals surface area contributed by atoms with E-state index in [0.717, 1.165) is 83.7 Å². The van der Waals surface area contributed by atoms with Crippen LogP contribution >= 0.6 is 0 Å². The summed E-state index contributed by atoms with van der Waals surface area (Å²) in [6.07, 6.45) is -0.755. The molecule has 14 rings (SSSR count). The van der Waals surface area contributed by atoms with E-state index in [1.807, 2.05) is 0 Å². The summed E-state index contributed by atoms with van der Waals surface area (Å²) < 4.78 is 5.08. The molecule has 0 saturated carbocycles. The number of hydrogen-bond donors (Lipinski definition) is 2. The lowest BCUT2D eigenvalue weighted by Gasteiger charge is -2.34. The number of nitrogens with one attached hydrogen (secondary N) is 2. The minimum absolute atomic E-state index is 0.339. The number of para-hydroxylation sites is 3. The average Bonchev–Trinajstić information content (AvgIpc) is 4.08. The number of fused-ring (bicyclic) bond motifs is 7. The number of nitrogens with zero attached hydrogens (tertiary/aromatic N) is 3. The third kappa shape index (κ3) is 7.49. The molecule has 0 saturated heterocycles. The number of hydrogen-bond acceptors (Lipinski definition) is 3. The third-order valence-electron chi connectivity index (χ3n) is 14.8. The van der Waals surface area contributed by atoms with Gasteiger partial charge in [-0.3, -0.25) is 5.32 Å². The second kappa shape index (κ2) is 18.2. The maximum absolute atomic E-state index is 5.43. The van der Waals surface area contributed by atoms with Gasteiger partial charge in [0.25, 0.3) is 0 Å². The van der Waals surface area contributed by atoms with Crippen LogP contribution in [0.25, 0.3) is 105 Å². The molecule has 0 fully saturated rings. The van der Waals surface area contributed by atoms with Gasteiger partial charge in [0.1, 0.15) is 12.0 Å². The minimum atomic E-state index is -0.416. The van der Waals surface area contributed by atoms with Crippen molar-refractivity contribution >= 4 is 49.4 Å². The van der Waals surface area contributed by atoms with E-state index in [1.165, 1.54) is 38.2 Å². The predicted octanol–water partition coefficient (Wildman–Crippen LogP) is 17.0. The van der Waals surface area contributed by atoms with Gasteiger partial charge in [0.15, 0.2) is 6.29 Å². The molecule has 3 heterocycles. The minimum Gasteiger partial charge on any atom is -0.337 e. The summed E-state index contributed by atoms with van der Waals surface area (Å²) in [5.41, 5.74) is 19.3. The van der Waals surface area contributed by atoms with Crippen molar-refractivity contribution in [2.45, 2.75) is 12.5 Å². The second-order valence-electron chi connectivity index (χ2n) is 19.1. The van der Waals surface area contributed by atoms with E-state index >= 15 is 0 Å². The zero-order chi connectivity index (χ0) is 49.0. The van der Waals surface area contributed by atoms with E-state index in [4.69, 9.17) is 4.99 Å². The molecular weight excluding hydrogens is 899 g/mol. The molecule has 350 valence electrons. The van der Waals surface area contributed by atoms with Crippen molar-refractivity contribution in [2.75, 3.05) is 0 Å². The molecule has 5 heteroatoms. The van der Waals surface area contributed by atoms with Gasteiger partial charge in [-0.05, 0) is 80.4 Å². The molecule has 2 aromatic heterocycles. The molecule has 1 aliphatic rings. The van der Waals surface area contributed by atoms with E-state index in [1.54, 1.807) is 0 Å². The van der Waals surface area contributed by atoms with Gasteiger partial charge in [-0.2, -0.15) is 0 Å². The summed E-state index contributed by atoms with van der Waals surface area (Å²) in [7, 11) is 0. The van der Waals surface area contributed by atoms with Crippen molar-refractivity contribution in [1.82, 2.24) is 19.8 Å². The number of rotatable bonds is 9. The van der Waals surface area contributed by atoms with Crippen molar-refractivity contribution in [2.24, 2.45) is 4.99 Å². The SMILES string of the molecule is c1ccc(-c2ccc(C3=NC(c4ccccc4)NC(n4c5ccccc5c5ccc6c7ccccc7n(-c7c(-c8ccccc8)cccc7-c7cc(-c8ccccc8)cc(-c8ccccc8)c7)c6c54)N3)cc2)cc1. The average molecular weight is 948 g/mol. The van der Waals surface area contributed by atoms with E-state index in [-0.39, 0.29) is 6.17 Å². The molecule has 5 nitrogen and oxygen atoms in total. The first-order valence-corrected chi connectivity index (χ1v) is 25.4. The maximum atomic E-state index is 5.43. The van der Waals surface area contributed by atoms with Crippen LogP contribution in [-0.2, 0) is 0 Å². The Morgan fingerprint density at radius 2 is 0.770 bits per heavy atom. The number of aromatic nitrogens is 2. The van der Waals surface area contributed by atoms with Crippen molar-refractivity contribution in [3.63, 3.8) is 0 Å². The lowest BCUT2D eigenvalue weighted by molar-refractivity contribution is 0.330. The zero-order valence-electron chi connectivity index (χ0n) is 40.5. The Morgan fingerprint density at radius 1 is 0.324 bits per heavy atom. The van der Waals surface area contributed by atoms with Gasteiger partial charge >= 0.3 is 0 Å². The summed E-state index contributed by atoms with van der Waals surface area (Å²) >= 11 is 0. The fraction of sp³-hybridized carbons (Fsp3) is 0.0290. The first-order chi connectivity index (χ1) is 36.7. The molecule has 0 radical (unpaired) electrons. The predicted molar refractivity (Wildman–Crippen MR) is 308 cm³/mol. The molecule has 0 aliphatic carbocycles. The fourth-order valence-electron chi connectivity index (χ4n) is 11.4. The van der Waals surface area contributed by atoms with Gasteiger partial charge in [-0.1, -0.05) is 243 Å². The van der Waals surface area contributed by atoms with Crippen molar-refractivity contribution < 1.29 is 0 Å².